The van der Waals surface area contributed by atoms with Crippen molar-refractivity contribution in [1.29, 1.82) is 0 Å². The van der Waals surface area contributed by atoms with Gasteiger partial charge in [-0.25, -0.2) is 0 Å². The molecule has 3 N–H and O–H groups in total. The molecular formula is C14H24N4O2. The number of ether oxygens (including phenoxy) is 1. The molecule has 20 heavy (non-hydrogen) atoms. The highest BCUT2D eigenvalue weighted by molar-refractivity contribution is 5.94. The first-order valence-electron chi connectivity index (χ1n) is 7.39. The number of nitrogens with two attached hydrogens (primary N) is 1. The molecule has 0 aromatic carbocycles. The summed E-state index contributed by atoms with van der Waals surface area (Å²) in [6.07, 6.45) is 8.63. The van der Waals surface area contributed by atoms with Crippen LogP contribution < -0.4 is 11.1 Å². The van der Waals surface area contributed by atoms with Gasteiger partial charge in [-0.1, -0.05) is 19.8 Å². The first kappa shape index (κ1) is 15.0. The molecule has 1 amide bonds. The third kappa shape index (κ3) is 4.31. The maximum absolute atomic E-state index is 11.9. The lowest BCUT2D eigenvalue weighted by Gasteiger charge is -2.10. The van der Waals surface area contributed by atoms with Crippen LogP contribution in [0.15, 0.2) is 12.4 Å². The molecule has 112 valence electrons. The monoisotopic (exact) mass is 280 g/mol. The highest BCUT2D eigenvalue weighted by Gasteiger charge is 2.17. The lowest BCUT2D eigenvalue weighted by molar-refractivity contribution is -0.117. The molecule has 0 radical (unpaired) electrons. The average molecular weight is 280 g/mol. The van der Waals surface area contributed by atoms with E-state index in [4.69, 9.17) is 10.5 Å². The molecule has 1 fully saturated rings. The zero-order chi connectivity index (χ0) is 14.4. The second-order valence-electron chi connectivity index (χ2n) is 5.32. The van der Waals surface area contributed by atoms with Crippen LogP contribution in [0.4, 0.5) is 5.69 Å². The number of carbonyl (C=O) groups excluding carboxylic acids is 1. The SMILES string of the molecule is CCCCC(N)C(=O)Nc1cnn(CC2CCCO2)c1. The van der Waals surface area contributed by atoms with Crippen molar-refractivity contribution >= 4 is 11.6 Å². The molecule has 2 rings (SSSR count). The smallest absolute Gasteiger partial charge is 0.241 e. The number of rotatable bonds is 7. The number of nitrogens with zero attached hydrogens (tertiary/aromatic N) is 2. The number of hydrogen-bond acceptors (Lipinski definition) is 4. The fraction of sp³-hybridized carbons (Fsp3) is 0.714. The number of carbonyl (C=O) groups is 1. The minimum atomic E-state index is -0.448. The minimum Gasteiger partial charge on any atom is -0.376 e. The first-order valence-corrected chi connectivity index (χ1v) is 7.39. The number of amides is 1. The third-order valence-corrected chi connectivity index (χ3v) is 3.52. The van der Waals surface area contributed by atoms with Crippen molar-refractivity contribution in [3.05, 3.63) is 12.4 Å². The zero-order valence-corrected chi connectivity index (χ0v) is 12.0. The van der Waals surface area contributed by atoms with E-state index in [9.17, 15) is 4.79 Å². The van der Waals surface area contributed by atoms with Gasteiger partial charge in [0.2, 0.25) is 5.91 Å². The van der Waals surface area contributed by atoms with Gasteiger partial charge in [-0.05, 0) is 19.3 Å². The van der Waals surface area contributed by atoms with Gasteiger partial charge in [0.25, 0.3) is 0 Å². The van der Waals surface area contributed by atoms with Crippen LogP contribution in [0.5, 0.6) is 0 Å². The van der Waals surface area contributed by atoms with Crippen molar-refractivity contribution in [2.24, 2.45) is 5.73 Å². The summed E-state index contributed by atoms with van der Waals surface area (Å²) < 4.78 is 7.37. The first-order chi connectivity index (χ1) is 9.69. The molecule has 2 atom stereocenters. The lowest BCUT2D eigenvalue weighted by atomic mass is 10.1. The zero-order valence-electron chi connectivity index (χ0n) is 12.0. The van der Waals surface area contributed by atoms with Crippen molar-refractivity contribution in [2.45, 2.75) is 57.7 Å². The highest BCUT2D eigenvalue weighted by atomic mass is 16.5. The second-order valence-corrected chi connectivity index (χ2v) is 5.32. The molecule has 6 heteroatoms. The Morgan fingerprint density at radius 3 is 3.25 bits per heavy atom. The normalized spacial score (nSPS) is 20.0. The Kier molecular flexibility index (Phi) is 5.55. The quantitative estimate of drug-likeness (QED) is 0.793. The molecule has 0 saturated carbocycles. The number of aromatic nitrogens is 2. The topological polar surface area (TPSA) is 82.2 Å². The van der Waals surface area contributed by atoms with Crippen molar-refractivity contribution in [2.75, 3.05) is 11.9 Å². The van der Waals surface area contributed by atoms with Gasteiger partial charge < -0.3 is 15.8 Å². The Labute approximate surface area is 119 Å². The van der Waals surface area contributed by atoms with E-state index >= 15 is 0 Å². The minimum absolute atomic E-state index is 0.143. The van der Waals surface area contributed by atoms with Gasteiger partial charge >= 0.3 is 0 Å². The van der Waals surface area contributed by atoms with Crippen molar-refractivity contribution < 1.29 is 9.53 Å². The van der Waals surface area contributed by atoms with E-state index in [1.165, 1.54) is 0 Å². The maximum Gasteiger partial charge on any atom is 0.241 e. The molecule has 1 aliphatic heterocycles. The largest absolute Gasteiger partial charge is 0.376 e. The van der Waals surface area contributed by atoms with Gasteiger partial charge in [-0.2, -0.15) is 5.10 Å². The van der Waals surface area contributed by atoms with Crippen molar-refractivity contribution in [3.63, 3.8) is 0 Å². The van der Waals surface area contributed by atoms with Gasteiger partial charge in [-0.15, -0.1) is 0 Å². The highest BCUT2D eigenvalue weighted by Crippen LogP contribution is 2.15. The number of unbranched alkanes of at least 4 members (excludes halogenated alkanes) is 1. The van der Waals surface area contributed by atoms with Crippen LogP contribution in [0, 0.1) is 0 Å². The standard InChI is InChI=1S/C14H24N4O2/c1-2-3-6-13(15)14(19)17-11-8-16-18(9-11)10-12-5-4-7-20-12/h8-9,12-13H,2-7,10,15H2,1H3,(H,17,19). The summed E-state index contributed by atoms with van der Waals surface area (Å²) >= 11 is 0. The summed E-state index contributed by atoms with van der Waals surface area (Å²) in [6.45, 7) is 3.65. The van der Waals surface area contributed by atoms with E-state index < -0.39 is 6.04 Å². The van der Waals surface area contributed by atoms with Crippen LogP contribution in [0.1, 0.15) is 39.0 Å². The van der Waals surface area contributed by atoms with Crippen LogP contribution in [-0.4, -0.2) is 34.4 Å². The van der Waals surface area contributed by atoms with E-state index in [-0.39, 0.29) is 12.0 Å². The van der Waals surface area contributed by atoms with Crippen LogP contribution in [0.3, 0.4) is 0 Å². The van der Waals surface area contributed by atoms with Gasteiger partial charge in [0.05, 0.1) is 30.6 Å². The van der Waals surface area contributed by atoms with Crippen LogP contribution in [-0.2, 0) is 16.1 Å². The summed E-state index contributed by atoms with van der Waals surface area (Å²) in [6, 6.07) is -0.448. The van der Waals surface area contributed by atoms with Gasteiger partial charge in [-0.3, -0.25) is 9.48 Å². The van der Waals surface area contributed by atoms with E-state index in [0.717, 1.165) is 38.8 Å². The Balaban J connectivity index is 1.80. The van der Waals surface area contributed by atoms with Gasteiger partial charge in [0, 0.05) is 12.8 Å². The average Bonchev–Trinajstić information content (AvgIpc) is 3.08. The Morgan fingerprint density at radius 1 is 1.70 bits per heavy atom. The lowest BCUT2D eigenvalue weighted by Crippen LogP contribution is -2.35. The summed E-state index contributed by atoms with van der Waals surface area (Å²) in [5, 5.41) is 7.04. The molecular weight excluding hydrogens is 256 g/mol. The van der Waals surface area contributed by atoms with E-state index in [1.54, 1.807) is 6.20 Å². The molecule has 1 aromatic heterocycles. The van der Waals surface area contributed by atoms with Gasteiger partial charge in [0.15, 0.2) is 0 Å². The predicted molar refractivity (Wildman–Crippen MR) is 77.3 cm³/mol. The fourth-order valence-corrected chi connectivity index (χ4v) is 2.32. The van der Waals surface area contributed by atoms with E-state index in [0.29, 0.717) is 12.1 Å². The molecule has 1 aromatic rings. The summed E-state index contributed by atoms with van der Waals surface area (Å²) in [5.41, 5.74) is 6.53. The van der Waals surface area contributed by atoms with Crippen molar-refractivity contribution in [1.82, 2.24) is 9.78 Å². The number of anilines is 1. The molecule has 0 spiro atoms. The summed E-state index contributed by atoms with van der Waals surface area (Å²) in [5.74, 6) is -0.143. The van der Waals surface area contributed by atoms with Crippen LogP contribution in [0.2, 0.25) is 0 Å². The molecule has 1 saturated heterocycles. The Hall–Kier alpha value is -1.40. The van der Waals surface area contributed by atoms with E-state index in [2.05, 4.69) is 17.3 Å². The van der Waals surface area contributed by atoms with Gasteiger partial charge in [0.1, 0.15) is 0 Å². The second kappa shape index (κ2) is 7.40. The fourth-order valence-electron chi connectivity index (χ4n) is 2.32. The molecule has 0 aliphatic carbocycles. The van der Waals surface area contributed by atoms with E-state index in [1.807, 2.05) is 10.9 Å². The Morgan fingerprint density at radius 2 is 2.55 bits per heavy atom. The molecule has 2 unspecified atom stereocenters. The molecule has 1 aliphatic rings. The molecule has 0 bridgehead atoms. The maximum atomic E-state index is 11.9. The number of hydrogen-bond donors (Lipinski definition) is 2. The summed E-state index contributed by atoms with van der Waals surface area (Å²) in [7, 11) is 0. The van der Waals surface area contributed by atoms with Crippen LogP contribution in [0.25, 0.3) is 0 Å². The van der Waals surface area contributed by atoms with Crippen molar-refractivity contribution in [3.8, 4) is 0 Å². The Bertz CT molecular complexity index is 427. The summed E-state index contributed by atoms with van der Waals surface area (Å²) in [4.78, 5) is 11.9. The predicted octanol–water partition coefficient (Wildman–Crippen LogP) is 1.52. The number of nitrogens with one attached hydrogen (secondary N) is 1. The molecule has 2 heterocycles. The van der Waals surface area contributed by atoms with Crippen LogP contribution >= 0.6 is 0 Å². The third-order valence-electron chi connectivity index (χ3n) is 3.52. The molecule has 6 nitrogen and oxygen atoms in total.